The summed E-state index contributed by atoms with van der Waals surface area (Å²) in [6.45, 7) is 7.62. The van der Waals surface area contributed by atoms with E-state index in [-0.39, 0.29) is 30.2 Å². The van der Waals surface area contributed by atoms with Crippen LogP contribution in [-0.4, -0.2) is 18.4 Å². The summed E-state index contributed by atoms with van der Waals surface area (Å²) < 4.78 is 5.16. The number of carbonyl (C=O) groups is 2. The summed E-state index contributed by atoms with van der Waals surface area (Å²) in [6, 6.07) is 0. The summed E-state index contributed by atoms with van der Waals surface area (Å²) in [7, 11) is 0. The number of carbonyl (C=O) groups excluding carboxylic acids is 2. The zero-order chi connectivity index (χ0) is 12.6. The second-order valence-corrected chi connectivity index (χ2v) is 4.39. The van der Waals surface area contributed by atoms with Crippen LogP contribution in [0.25, 0.3) is 0 Å². The van der Waals surface area contributed by atoms with Gasteiger partial charge in [0.15, 0.2) is 0 Å². The molecule has 16 heavy (non-hydrogen) atoms. The van der Waals surface area contributed by atoms with Gasteiger partial charge in [0.05, 0.1) is 5.92 Å². The molecule has 2 unspecified atom stereocenters. The van der Waals surface area contributed by atoms with Crippen LogP contribution in [0, 0.1) is 11.8 Å². The van der Waals surface area contributed by atoms with Gasteiger partial charge in [0.1, 0.15) is 12.4 Å². The van der Waals surface area contributed by atoms with Crippen molar-refractivity contribution < 1.29 is 14.3 Å². The van der Waals surface area contributed by atoms with Gasteiger partial charge in [0, 0.05) is 5.92 Å². The molecule has 0 bridgehead atoms. The molecule has 0 radical (unpaired) electrons. The van der Waals surface area contributed by atoms with Crippen LogP contribution in [0.1, 0.15) is 53.4 Å². The fraction of sp³-hybridized carbons (Fsp3) is 0.846. The first-order valence-electron chi connectivity index (χ1n) is 6.19. The summed E-state index contributed by atoms with van der Waals surface area (Å²) in [5.41, 5.74) is 0. The molecule has 0 aromatic rings. The first-order valence-corrected chi connectivity index (χ1v) is 6.19. The highest BCUT2D eigenvalue weighted by atomic mass is 16.5. The zero-order valence-electron chi connectivity index (χ0n) is 10.9. The molecule has 0 aliphatic carbocycles. The second kappa shape index (κ2) is 8.31. The average Bonchev–Trinajstić information content (AvgIpc) is 2.26. The Balaban J connectivity index is 3.96. The number of ether oxygens (including phenoxy) is 1. The lowest BCUT2D eigenvalue weighted by atomic mass is 9.99. The van der Waals surface area contributed by atoms with E-state index >= 15 is 0 Å². The van der Waals surface area contributed by atoms with Gasteiger partial charge in [0.2, 0.25) is 0 Å². The molecule has 0 spiro atoms. The average molecular weight is 228 g/mol. The third kappa shape index (κ3) is 5.89. The Morgan fingerprint density at radius 2 is 1.88 bits per heavy atom. The van der Waals surface area contributed by atoms with E-state index in [1.807, 2.05) is 6.92 Å². The van der Waals surface area contributed by atoms with Crippen LogP contribution in [0.3, 0.4) is 0 Å². The number of esters is 1. The number of Topliss-reactive ketones (excluding diaryl/α,β-unsaturated/α-hetero) is 1. The maximum Gasteiger partial charge on any atom is 0.308 e. The molecule has 3 nitrogen and oxygen atoms in total. The van der Waals surface area contributed by atoms with Gasteiger partial charge in [-0.05, 0) is 19.8 Å². The highest BCUT2D eigenvalue weighted by molar-refractivity contribution is 5.78. The van der Waals surface area contributed by atoms with Crippen molar-refractivity contribution in [1.82, 2.24) is 0 Å². The zero-order valence-corrected chi connectivity index (χ0v) is 10.9. The van der Waals surface area contributed by atoms with Gasteiger partial charge < -0.3 is 4.74 Å². The lowest BCUT2D eigenvalue weighted by Gasteiger charge is -2.15. The molecule has 0 saturated carbocycles. The van der Waals surface area contributed by atoms with E-state index in [1.54, 1.807) is 6.92 Å². The molecule has 0 aromatic carbocycles. The summed E-state index contributed by atoms with van der Waals surface area (Å²) in [4.78, 5) is 22.7. The van der Waals surface area contributed by atoms with Gasteiger partial charge >= 0.3 is 5.97 Å². The summed E-state index contributed by atoms with van der Waals surface area (Å²) in [5, 5.41) is 0. The Morgan fingerprint density at radius 3 is 2.31 bits per heavy atom. The summed E-state index contributed by atoms with van der Waals surface area (Å²) >= 11 is 0. The lowest BCUT2D eigenvalue weighted by molar-refractivity contribution is -0.150. The van der Waals surface area contributed by atoms with Crippen molar-refractivity contribution in [2.45, 2.75) is 53.4 Å². The monoisotopic (exact) mass is 228 g/mol. The molecule has 0 aliphatic heterocycles. The first-order chi connectivity index (χ1) is 7.52. The van der Waals surface area contributed by atoms with Crippen LogP contribution in [0.2, 0.25) is 0 Å². The fourth-order valence-corrected chi connectivity index (χ4v) is 1.38. The minimum absolute atomic E-state index is 0.000826. The van der Waals surface area contributed by atoms with Gasteiger partial charge in [0.25, 0.3) is 0 Å². The van der Waals surface area contributed by atoms with Gasteiger partial charge in [-0.2, -0.15) is 0 Å². The van der Waals surface area contributed by atoms with Crippen molar-refractivity contribution >= 4 is 11.8 Å². The number of ketones is 1. The Hall–Kier alpha value is -0.860. The van der Waals surface area contributed by atoms with Crippen molar-refractivity contribution in [3.8, 4) is 0 Å². The molecule has 0 rings (SSSR count). The highest BCUT2D eigenvalue weighted by Gasteiger charge is 2.19. The van der Waals surface area contributed by atoms with Crippen molar-refractivity contribution in [3.63, 3.8) is 0 Å². The second-order valence-electron chi connectivity index (χ2n) is 4.39. The largest absolute Gasteiger partial charge is 0.465 e. The summed E-state index contributed by atoms with van der Waals surface area (Å²) in [5.74, 6) is -0.273. The minimum atomic E-state index is -0.187. The van der Waals surface area contributed by atoms with Crippen LogP contribution in [-0.2, 0) is 14.3 Å². The predicted molar refractivity (Wildman–Crippen MR) is 64.1 cm³/mol. The fourth-order valence-electron chi connectivity index (χ4n) is 1.38. The molecule has 0 aromatic heterocycles. The van der Waals surface area contributed by atoms with Crippen LogP contribution in [0.5, 0.6) is 0 Å². The maximum atomic E-state index is 11.7. The molecule has 0 saturated heterocycles. The third-order valence-electron chi connectivity index (χ3n) is 2.90. The van der Waals surface area contributed by atoms with E-state index < -0.39 is 0 Å². The molecule has 0 heterocycles. The van der Waals surface area contributed by atoms with Gasteiger partial charge in [-0.1, -0.05) is 33.6 Å². The minimum Gasteiger partial charge on any atom is -0.465 e. The van der Waals surface area contributed by atoms with Gasteiger partial charge in [-0.3, -0.25) is 9.59 Å². The maximum absolute atomic E-state index is 11.7. The van der Waals surface area contributed by atoms with Crippen molar-refractivity contribution in [3.05, 3.63) is 0 Å². The van der Waals surface area contributed by atoms with Crippen molar-refractivity contribution in [2.75, 3.05) is 6.61 Å². The van der Waals surface area contributed by atoms with Crippen LogP contribution in [0.4, 0.5) is 0 Å². The van der Waals surface area contributed by atoms with Crippen molar-refractivity contribution in [2.24, 2.45) is 11.8 Å². The normalized spacial score (nSPS) is 14.2. The Bertz CT molecular complexity index is 223. The molecule has 3 heteroatoms. The standard InChI is InChI=1S/C13H24O3/c1-5-7-8-12(6-2)13(15)16-9-10(3)11(4)14/h10,12H,5-9H2,1-4H3. The highest BCUT2D eigenvalue weighted by Crippen LogP contribution is 2.14. The topological polar surface area (TPSA) is 43.4 Å². The smallest absolute Gasteiger partial charge is 0.308 e. The van der Waals surface area contributed by atoms with E-state index in [9.17, 15) is 9.59 Å². The van der Waals surface area contributed by atoms with Crippen LogP contribution in [0.15, 0.2) is 0 Å². The predicted octanol–water partition coefficient (Wildman–Crippen LogP) is 2.97. The Kier molecular flexibility index (Phi) is 7.86. The molecule has 0 N–H and O–H groups in total. The quantitative estimate of drug-likeness (QED) is 0.600. The third-order valence-corrected chi connectivity index (χ3v) is 2.90. The molecular formula is C13H24O3. The summed E-state index contributed by atoms with van der Waals surface area (Å²) in [6.07, 6.45) is 3.84. The molecule has 0 aliphatic rings. The molecular weight excluding hydrogens is 204 g/mol. The number of unbranched alkanes of at least 4 members (excludes halogenated alkanes) is 1. The van der Waals surface area contributed by atoms with Gasteiger partial charge in [-0.25, -0.2) is 0 Å². The first kappa shape index (κ1) is 15.1. The van der Waals surface area contributed by atoms with E-state index in [2.05, 4.69) is 6.92 Å². The Labute approximate surface area is 98.6 Å². The molecule has 2 atom stereocenters. The molecule has 0 fully saturated rings. The van der Waals surface area contributed by atoms with Crippen LogP contribution < -0.4 is 0 Å². The number of hydrogen-bond acceptors (Lipinski definition) is 3. The number of hydrogen-bond donors (Lipinski definition) is 0. The lowest BCUT2D eigenvalue weighted by Crippen LogP contribution is -2.22. The van der Waals surface area contributed by atoms with Crippen molar-refractivity contribution in [1.29, 1.82) is 0 Å². The van der Waals surface area contributed by atoms with E-state index in [4.69, 9.17) is 4.74 Å². The van der Waals surface area contributed by atoms with E-state index in [1.165, 1.54) is 6.92 Å². The Morgan fingerprint density at radius 1 is 1.25 bits per heavy atom. The van der Waals surface area contributed by atoms with E-state index in [0.29, 0.717) is 0 Å². The molecule has 94 valence electrons. The number of rotatable bonds is 8. The SMILES string of the molecule is CCCCC(CC)C(=O)OCC(C)C(C)=O. The molecule has 0 amide bonds. The van der Waals surface area contributed by atoms with E-state index in [0.717, 1.165) is 25.7 Å². The van der Waals surface area contributed by atoms with Crippen LogP contribution >= 0.6 is 0 Å². The van der Waals surface area contributed by atoms with Gasteiger partial charge in [-0.15, -0.1) is 0 Å².